The minimum atomic E-state index is 0.186. The summed E-state index contributed by atoms with van der Waals surface area (Å²) in [6, 6.07) is 5.93. The summed E-state index contributed by atoms with van der Waals surface area (Å²) in [5, 5.41) is 8.94. The highest BCUT2D eigenvalue weighted by molar-refractivity contribution is 5.03. The van der Waals surface area contributed by atoms with Crippen LogP contribution in [-0.4, -0.2) is 54.9 Å². The highest BCUT2D eigenvalue weighted by Gasteiger charge is 2.04. The summed E-state index contributed by atoms with van der Waals surface area (Å²) in [7, 11) is 1.69. The Kier molecular flexibility index (Phi) is 6.72. The molecule has 1 heterocycles. The van der Waals surface area contributed by atoms with Crippen molar-refractivity contribution in [2.45, 2.75) is 6.42 Å². The molecule has 1 N–H and O–H groups in total. The molecule has 1 aromatic heterocycles. The van der Waals surface area contributed by atoms with Crippen LogP contribution >= 0.6 is 0 Å². The number of aliphatic hydroxyl groups excluding tert-OH is 1. The van der Waals surface area contributed by atoms with Crippen LogP contribution in [0.3, 0.4) is 0 Å². The van der Waals surface area contributed by atoms with Gasteiger partial charge in [-0.2, -0.15) is 0 Å². The number of pyridine rings is 1. The molecule has 0 aliphatic heterocycles. The SMILES string of the molecule is COCCN(CCO)CCc1ccccn1. The third-order valence-electron chi connectivity index (χ3n) is 2.44. The molecule has 0 aliphatic carbocycles. The number of nitrogens with zero attached hydrogens (tertiary/aromatic N) is 2. The quantitative estimate of drug-likeness (QED) is 0.701. The van der Waals surface area contributed by atoms with E-state index in [9.17, 15) is 0 Å². The van der Waals surface area contributed by atoms with Gasteiger partial charge in [0.15, 0.2) is 0 Å². The van der Waals surface area contributed by atoms with Crippen molar-refractivity contribution in [1.82, 2.24) is 9.88 Å². The lowest BCUT2D eigenvalue weighted by Gasteiger charge is -2.20. The molecule has 0 aliphatic rings. The first-order chi connectivity index (χ1) is 7.86. The van der Waals surface area contributed by atoms with Crippen LogP contribution in [0.15, 0.2) is 24.4 Å². The van der Waals surface area contributed by atoms with Crippen molar-refractivity contribution in [3.63, 3.8) is 0 Å². The van der Waals surface area contributed by atoms with Gasteiger partial charge in [-0.25, -0.2) is 0 Å². The molecule has 0 amide bonds. The second-order valence-corrected chi connectivity index (χ2v) is 3.63. The van der Waals surface area contributed by atoms with Gasteiger partial charge in [0.1, 0.15) is 0 Å². The molecule has 0 saturated heterocycles. The van der Waals surface area contributed by atoms with Gasteiger partial charge in [0.25, 0.3) is 0 Å². The lowest BCUT2D eigenvalue weighted by molar-refractivity contribution is 0.131. The van der Waals surface area contributed by atoms with Crippen molar-refractivity contribution < 1.29 is 9.84 Å². The Bertz CT molecular complexity index is 267. The molecule has 1 rings (SSSR count). The number of rotatable bonds is 8. The van der Waals surface area contributed by atoms with Gasteiger partial charge in [0, 0.05) is 45.1 Å². The maximum atomic E-state index is 8.94. The maximum absolute atomic E-state index is 8.94. The van der Waals surface area contributed by atoms with E-state index in [0.29, 0.717) is 13.2 Å². The Hall–Kier alpha value is -0.970. The number of aromatic nitrogens is 1. The van der Waals surface area contributed by atoms with Crippen LogP contribution in [0.1, 0.15) is 5.69 Å². The molecule has 0 saturated carbocycles. The van der Waals surface area contributed by atoms with Gasteiger partial charge in [0.2, 0.25) is 0 Å². The second-order valence-electron chi connectivity index (χ2n) is 3.63. The van der Waals surface area contributed by atoms with E-state index in [0.717, 1.165) is 25.2 Å². The Morgan fingerprint density at radius 3 is 2.81 bits per heavy atom. The first-order valence-corrected chi connectivity index (χ1v) is 5.59. The average molecular weight is 224 g/mol. The molecule has 4 nitrogen and oxygen atoms in total. The van der Waals surface area contributed by atoms with E-state index in [-0.39, 0.29) is 6.61 Å². The Balaban J connectivity index is 2.31. The minimum Gasteiger partial charge on any atom is -0.395 e. The molecule has 90 valence electrons. The van der Waals surface area contributed by atoms with Crippen LogP contribution in [0.2, 0.25) is 0 Å². The maximum Gasteiger partial charge on any atom is 0.0589 e. The Morgan fingerprint density at radius 2 is 2.19 bits per heavy atom. The van der Waals surface area contributed by atoms with Crippen LogP contribution < -0.4 is 0 Å². The van der Waals surface area contributed by atoms with Crippen LogP contribution in [0.4, 0.5) is 0 Å². The first kappa shape index (κ1) is 13.1. The van der Waals surface area contributed by atoms with E-state index < -0.39 is 0 Å². The molecule has 0 unspecified atom stereocenters. The van der Waals surface area contributed by atoms with Gasteiger partial charge < -0.3 is 9.84 Å². The number of methoxy groups -OCH3 is 1. The summed E-state index contributed by atoms with van der Waals surface area (Å²) in [5.41, 5.74) is 1.09. The molecule has 0 spiro atoms. The average Bonchev–Trinajstić information content (AvgIpc) is 2.34. The topological polar surface area (TPSA) is 45.6 Å². The third kappa shape index (κ3) is 5.21. The van der Waals surface area contributed by atoms with E-state index in [1.54, 1.807) is 13.3 Å². The Morgan fingerprint density at radius 1 is 1.31 bits per heavy atom. The van der Waals surface area contributed by atoms with Crippen molar-refractivity contribution in [1.29, 1.82) is 0 Å². The van der Waals surface area contributed by atoms with Crippen molar-refractivity contribution in [2.75, 3.05) is 40.0 Å². The van der Waals surface area contributed by atoms with E-state index >= 15 is 0 Å². The molecule has 0 radical (unpaired) electrons. The molecular weight excluding hydrogens is 204 g/mol. The number of hydrogen-bond acceptors (Lipinski definition) is 4. The summed E-state index contributed by atoms with van der Waals surface area (Å²) in [5.74, 6) is 0. The summed E-state index contributed by atoms with van der Waals surface area (Å²) in [6.45, 7) is 3.33. The smallest absolute Gasteiger partial charge is 0.0589 e. The monoisotopic (exact) mass is 224 g/mol. The summed E-state index contributed by atoms with van der Waals surface area (Å²) >= 11 is 0. The molecule has 4 heteroatoms. The zero-order valence-electron chi connectivity index (χ0n) is 9.80. The number of hydrogen-bond donors (Lipinski definition) is 1. The van der Waals surface area contributed by atoms with Crippen molar-refractivity contribution in [3.05, 3.63) is 30.1 Å². The van der Waals surface area contributed by atoms with Crippen LogP contribution in [-0.2, 0) is 11.2 Å². The standard InChI is InChI=1S/C12H20N2O2/c1-16-11-9-14(8-10-15)7-5-12-4-2-3-6-13-12/h2-4,6,15H,5,7-11H2,1H3. The molecule has 0 bridgehead atoms. The highest BCUT2D eigenvalue weighted by atomic mass is 16.5. The van der Waals surface area contributed by atoms with Gasteiger partial charge in [-0.1, -0.05) is 6.07 Å². The lowest BCUT2D eigenvalue weighted by Crippen LogP contribution is -2.32. The first-order valence-electron chi connectivity index (χ1n) is 5.59. The van der Waals surface area contributed by atoms with Crippen molar-refractivity contribution in [2.24, 2.45) is 0 Å². The molecule has 0 aromatic carbocycles. The van der Waals surface area contributed by atoms with Crippen LogP contribution in [0.25, 0.3) is 0 Å². The molecular formula is C12H20N2O2. The van der Waals surface area contributed by atoms with Crippen LogP contribution in [0, 0.1) is 0 Å². The van der Waals surface area contributed by atoms with Crippen LogP contribution in [0.5, 0.6) is 0 Å². The van der Waals surface area contributed by atoms with Gasteiger partial charge in [-0.05, 0) is 12.1 Å². The lowest BCUT2D eigenvalue weighted by atomic mass is 10.2. The fraction of sp³-hybridized carbons (Fsp3) is 0.583. The largest absolute Gasteiger partial charge is 0.395 e. The summed E-state index contributed by atoms with van der Waals surface area (Å²) in [6.07, 6.45) is 2.71. The second kappa shape index (κ2) is 8.21. The van der Waals surface area contributed by atoms with Gasteiger partial charge in [-0.15, -0.1) is 0 Å². The van der Waals surface area contributed by atoms with Crippen molar-refractivity contribution in [3.8, 4) is 0 Å². The zero-order chi connectivity index (χ0) is 11.6. The van der Waals surface area contributed by atoms with E-state index in [1.807, 2.05) is 18.2 Å². The predicted molar refractivity (Wildman–Crippen MR) is 63.3 cm³/mol. The highest BCUT2D eigenvalue weighted by Crippen LogP contribution is 1.97. The van der Waals surface area contributed by atoms with E-state index in [2.05, 4.69) is 9.88 Å². The third-order valence-corrected chi connectivity index (χ3v) is 2.44. The van der Waals surface area contributed by atoms with E-state index in [4.69, 9.17) is 9.84 Å². The predicted octanol–water partition coefficient (Wildman–Crippen LogP) is 0.565. The van der Waals surface area contributed by atoms with E-state index in [1.165, 1.54) is 0 Å². The molecule has 0 fully saturated rings. The summed E-state index contributed by atoms with van der Waals surface area (Å²) < 4.78 is 5.03. The Labute approximate surface area is 96.9 Å². The number of aliphatic hydroxyl groups is 1. The molecule has 1 aromatic rings. The fourth-order valence-corrected chi connectivity index (χ4v) is 1.52. The number of ether oxygens (including phenoxy) is 1. The normalized spacial score (nSPS) is 10.9. The molecule has 0 atom stereocenters. The summed E-state index contributed by atoms with van der Waals surface area (Å²) in [4.78, 5) is 6.45. The van der Waals surface area contributed by atoms with Crippen molar-refractivity contribution >= 4 is 0 Å². The van der Waals surface area contributed by atoms with Gasteiger partial charge >= 0.3 is 0 Å². The fourth-order valence-electron chi connectivity index (χ4n) is 1.52. The van der Waals surface area contributed by atoms with Gasteiger partial charge in [0.05, 0.1) is 13.2 Å². The van der Waals surface area contributed by atoms with Gasteiger partial charge in [-0.3, -0.25) is 9.88 Å². The zero-order valence-corrected chi connectivity index (χ0v) is 9.80. The minimum absolute atomic E-state index is 0.186. The molecule has 16 heavy (non-hydrogen) atoms.